The summed E-state index contributed by atoms with van der Waals surface area (Å²) >= 11 is 0. The molecule has 1 aliphatic carbocycles. The molecule has 0 N–H and O–H groups in total. The normalized spacial score (nSPS) is 19.1. The molecule has 2 fully saturated rings. The van der Waals surface area contributed by atoms with Crippen LogP contribution in [-0.4, -0.2) is 60.1 Å². The Hall–Kier alpha value is -3.33. The van der Waals surface area contributed by atoms with Crippen LogP contribution in [0.1, 0.15) is 32.7 Å². The highest BCUT2D eigenvalue weighted by Crippen LogP contribution is 2.38. The lowest BCUT2D eigenvalue weighted by atomic mass is 10.2. The molecule has 0 bridgehead atoms. The Bertz CT molecular complexity index is 1260. The van der Waals surface area contributed by atoms with Crippen molar-refractivity contribution >= 4 is 17.0 Å². The zero-order chi connectivity index (χ0) is 21.7. The molecule has 6 rings (SSSR count). The summed E-state index contributed by atoms with van der Waals surface area (Å²) in [6, 6.07) is 6.65. The Labute approximate surface area is 186 Å². The summed E-state index contributed by atoms with van der Waals surface area (Å²) in [5.74, 6) is 2.45. The summed E-state index contributed by atoms with van der Waals surface area (Å²) in [7, 11) is 0. The third-order valence-corrected chi connectivity index (χ3v) is 6.26. The fourth-order valence-corrected chi connectivity index (χ4v) is 4.47. The third kappa shape index (κ3) is 3.15. The molecule has 1 saturated carbocycles. The zero-order valence-electron chi connectivity index (χ0n) is 18.3. The maximum absolute atomic E-state index is 5.69. The van der Waals surface area contributed by atoms with E-state index in [0.717, 1.165) is 60.0 Å². The van der Waals surface area contributed by atoms with Gasteiger partial charge in [0.25, 0.3) is 0 Å². The van der Waals surface area contributed by atoms with E-state index >= 15 is 0 Å². The number of aromatic nitrogens is 7. The Kier molecular flexibility index (Phi) is 4.64. The van der Waals surface area contributed by atoms with Gasteiger partial charge in [0.05, 0.1) is 25.3 Å². The molecule has 164 valence electrons. The number of hydrogen-bond acceptors (Lipinski definition) is 7. The SMILES string of the molecule is CCn1c(-c2ccncc2)nc2c(N3CCOC[C@H]3C)nc(-c3ccnn3C3CC3)nc21. The molecule has 0 aromatic carbocycles. The van der Waals surface area contributed by atoms with Crippen LogP contribution in [0, 0.1) is 0 Å². The number of aryl methyl sites for hydroxylation is 1. The first-order chi connectivity index (χ1) is 15.7. The van der Waals surface area contributed by atoms with E-state index in [1.807, 2.05) is 24.4 Å². The summed E-state index contributed by atoms with van der Waals surface area (Å²) in [6.07, 6.45) is 7.75. The molecule has 1 saturated heterocycles. The van der Waals surface area contributed by atoms with Crippen molar-refractivity contribution in [3.05, 3.63) is 36.8 Å². The topological polar surface area (TPSA) is 86.8 Å². The number of anilines is 1. The number of fused-ring (bicyclic) bond motifs is 1. The number of nitrogens with zero attached hydrogens (tertiary/aromatic N) is 8. The summed E-state index contributed by atoms with van der Waals surface area (Å²) in [6.45, 7) is 7.17. The summed E-state index contributed by atoms with van der Waals surface area (Å²) in [5.41, 5.74) is 3.66. The minimum Gasteiger partial charge on any atom is -0.377 e. The van der Waals surface area contributed by atoms with Crippen LogP contribution in [0.15, 0.2) is 36.8 Å². The summed E-state index contributed by atoms with van der Waals surface area (Å²) < 4.78 is 9.94. The van der Waals surface area contributed by atoms with Gasteiger partial charge in [0.2, 0.25) is 0 Å². The standard InChI is InChI=1S/C23H26N8O/c1-3-29-21(16-6-9-24-10-7-16)26-19-22(29)27-20(18-8-11-25-31(18)17-4-5-17)28-23(19)30-12-13-32-14-15(30)2/h6-11,15,17H,3-5,12-14H2,1-2H3/t15-/m1/s1. The van der Waals surface area contributed by atoms with E-state index in [1.165, 1.54) is 0 Å². The monoisotopic (exact) mass is 430 g/mol. The molecule has 9 nitrogen and oxygen atoms in total. The second kappa shape index (κ2) is 7.67. The van der Waals surface area contributed by atoms with Gasteiger partial charge in [-0.1, -0.05) is 0 Å². The number of morpholine rings is 1. The molecule has 0 spiro atoms. The Morgan fingerprint density at radius 3 is 2.66 bits per heavy atom. The van der Waals surface area contributed by atoms with Gasteiger partial charge in [-0.05, 0) is 44.9 Å². The molecule has 0 unspecified atom stereocenters. The van der Waals surface area contributed by atoms with Crippen molar-refractivity contribution in [2.75, 3.05) is 24.7 Å². The smallest absolute Gasteiger partial charge is 0.182 e. The average molecular weight is 431 g/mol. The number of ether oxygens (including phenoxy) is 1. The molecular weight excluding hydrogens is 404 g/mol. The Morgan fingerprint density at radius 2 is 1.91 bits per heavy atom. The highest BCUT2D eigenvalue weighted by molar-refractivity contribution is 5.89. The van der Waals surface area contributed by atoms with Gasteiger partial charge in [-0.2, -0.15) is 5.10 Å². The largest absolute Gasteiger partial charge is 0.377 e. The van der Waals surface area contributed by atoms with Crippen LogP contribution >= 0.6 is 0 Å². The van der Waals surface area contributed by atoms with Gasteiger partial charge in [0.15, 0.2) is 22.8 Å². The van der Waals surface area contributed by atoms with E-state index < -0.39 is 0 Å². The molecule has 0 amide bonds. The minimum atomic E-state index is 0.208. The van der Waals surface area contributed by atoms with Crippen molar-refractivity contribution in [3.8, 4) is 22.9 Å². The van der Waals surface area contributed by atoms with E-state index in [2.05, 4.69) is 38.1 Å². The minimum absolute atomic E-state index is 0.208. The van der Waals surface area contributed by atoms with Crippen molar-refractivity contribution in [3.63, 3.8) is 0 Å². The van der Waals surface area contributed by atoms with Gasteiger partial charge in [-0.15, -0.1) is 0 Å². The van der Waals surface area contributed by atoms with Gasteiger partial charge < -0.3 is 14.2 Å². The molecule has 5 heterocycles. The van der Waals surface area contributed by atoms with Crippen molar-refractivity contribution in [2.45, 2.75) is 45.3 Å². The van der Waals surface area contributed by atoms with Crippen molar-refractivity contribution in [1.82, 2.24) is 34.3 Å². The first kappa shape index (κ1) is 19.4. The van der Waals surface area contributed by atoms with E-state index in [-0.39, 0.29) is 6.04 Å². The fraction of sp³-hybridized carbons (Fsp3) is 0.435. The van der Waals surface area contributed by atoms with Gasteiger partial charge in [0, 0.05) is 37.2 Å². The van der Waals surface area contributed by atoms with E-state index in [0.29, 0.717) is 25.1 Å². The molecule has 32 heavy (non-hydrogen) atoms. The highest BCUT2D eigenvalue weighted by atomic mass is 16.5. The van der Waals surface area contributed by atoms with Crippen molar-refractivity contribution in [2.24, 2.45) is 0 Å². The fourth-order valence-electron chi connectivity index (χ4n) is 4.47. The molecule has 1 aliphatic heterocycles. The van der Waals surface area contributed by atoms with E-state index in [9.17, 15) is 0 Å². The molecule has 4 aromatic heterocycles. The summed E-state index contributed by atoms with van der Waals surface area (Å²) in [5, 5.41) is 4.56. The molecule has 2 aliphatic rings. The second-order valence-corrected chi connectivity index (χ2v) is 8.47. The lowest BCUT2D eigenvalue weighted by molar-refractivity contribution is 0.0987. The van der Waals surface area contributed by atoms with Crippen LogP contribution in [0.3, 0.4) is 0 Å². The third-order valence-electron chi connectivity index (χ3n) is 6.26. The predicted octanol–water partition coefficient (Wildman–Crippen LogP) is 3.33. The molecule has 4 aromatic rings. The Morgan fingerprint density at radius 1 is 1.06 bits per heavy atom. The van der Waals surface area contributed by atoms with Gasteiger partial charge in [-0.3, -0.25) is 9.67 Å². The van der Waals surface area contributed by atoms with Crippen LogP contribution in [0.2, 0.25) is 0 Å². The number of rotatable bonds is 5. The van der Waals surface area contributed by atoms with Crippen LogP contribution in [0.5, 0.6) is 0 Å². The number of pyridine rings is 1. The molecular formula is C23H26N8O. The van der Waals surface area contributed by atoms with Crippen LogP contribution in [-0.2, 0) is 11.3 Å². The van der Waals surface area contributed by atoms with Gasteiger partial charge in [-0.25, -0.2) is 15.0 Å². The lowest BCUT2D eigenvalue weighted by Crippen LogP contribution is -2.44. The number of hydrogen-bond donors (Lipinski definition) is 0. The molecule has 9 heteroatoms. The first-order valence-corrected chi connectivity index (χ1v) is 11.3. The second-order valence-electron chi connectivity index (χ2n) is 8.47. The number of imidazole rings is 1. The first-order valence-electron chi connectivity index (χ1n) is 11.3. The van der Waals surface area contributed by atoms with Crippen molar-refractivity contribution in [1.29, 1.82) is 0 Å². The van der Waals surface area contributed by atoms with E-state index in [4.69, 9.17) is 19.7 Å². The zero-order valence-corrected chi connectivity index (χ0v) is 18.3. The lowest BCUT2D eigenvalue weighted by Gasteiger charge is -2.34. The van der Waals surface area contributed by atoms with Gasteiger partial charge >= 0.3 is 0 Å². The van der Waals surface area contributed by atoms with Crippen molar-refractivity contribution < 1.29 is 4.74 Å². The van der Waals surface area contributed by atoms with Crippen LogP contribution in [0.25, 0.3) is 34.1 Å². The predicted molar refractivity (Wildman–Crippen MR) is 121 cm³/mol. The molecule has 1 atom stereocenters. The summed E-state index contributed by atoms with van der Waals surface area (Å²) in [4.78, 5) is 21.7. The Balaban J connectivity index is 1.60. The maximum Gasteiger partial charge on any atom is 0.182 e. The average Bonchev–Trinajstić information content (AvgIpc) is 3.43. The van der Waals surface area contributed by atoms with Gasteiger partial charge in [0.1, 0.15) is 11.5 Å². The quantitative estimate of drug-likeness (QED) is 0.480. The highest BCUT2D eigenvalue weighted by Gasteiger charge is 2.30. The molecule has 0 radical (unpaired) electrons. The maximum atomic E-state index is 5.69. The van der Waals surface area contributed by atoms with Crippen LogP contribution in [0.4, 0.5) is 5.82 Å². The van der Waals surface area contributed by atoms with Crippen LogP contribution < -0.4 is 4.90 Å². The van der Waals surface area contributed by atoms with E-state index in [1.54, 1.807) is 12.4 Å².